The second-order valence-corrected chi connectivity index (χ2v) is 7.60. The van der Waals surface area contributed by atoms with Gasteiger partial charge in [-0.25, -0.2) is 4.99 Å². The van der Waals surface area contributed by atoms with E-state index in [4.69, 9.17) is 9.73 Å². The maximum Gasteiger partial charge on any atom is 0.142 e. The minimum atomic E-state index is -0.254. The van der Waals surface area contributed by atoms with Crippen molar-refractivity contribution in [1.82, 2.24) is 4.57 Å². The number of fused-ring (bicyclic) bond motifs is 1. The minimum Gasteiger partial charge on any atom is -0.375 e. The van der Waals surface area contributed by atoms with Crippen LogP contribution >= 0.6 is 0 Å². The van der Waals surface area contributed by atoms with Crippen LogP contribution in [0.1, 0.15) is 55.6 Å². The standard InChI is InChI=1S/C23H27N3O/c24-15-20-11-12-21-22(19-9-5-2-6-10-19)16-26(23(21)25-20)13-14-27-17-18-7-3-1-4-8-18/h1,3-4,7-8,12,16,19-20H,2,5-6,9-11,13-14,17H2. The Morgan fingerprint density at radius 1 is 1.15 bits per heavy atom. The Balaban J connectivity index is 1.51. The SMILES string of the molecule is N#CC1CC=c2c(C3CCCCC3)cn(CCOCc3ccccc3)c2=N1. The summed E-state index contributed by atoms with van der Waals surface area (Å²) in [6, 6.07) is 12.3. The van der Waals surface area contributed by atoms with Crippen molar-refractivity contribution in [2.45, 2.75) is 63.6 Å². The normalized spacial score (nSPS) is 19.6. The molecule has 0 amide bonds. The molecule has 2 aliphatic rings. The summed E-state index contributed by atoms with van der Waals surface area (Å²) in [6.07, 6.45) is 11.8. The van der Waals surface area contributed by atoms with Crippen LogP contribution in [0.2, 0.25) is 0 Å². The molecule has 4 rings (SSSR count). The van der Waals surface area contributed by atoms with Crippen LogP contribution in [0.25, 0.3) is 6.08 Å². The van der Waals surface area contributed by atoms with Gasteiger partial charge in [-0.15, -0.1) is 0 Å². The topological polar surface area (TPSA) is 50.3 Å². The molecule has 0 N–H and O–H groups in total. The third-order valence-corrected chi connectivity index (χ3v) is 5.72. The Kier molecular flexibility index (Phi) is 5.69. The second-order valence-electron chi connectivity index (χ2n) is 7.60. The van der Waals surface area contributed by atoms with E-state index in [1.54, 1.807) is 0 Å². The first-order chi connectivity index (χ1) is 13.3. The van der Waals surface area contributed by atoms with Crippen LogP contribution in [0.3, 0.4) is 0 Å². The van der Waals surface area contributed by atoms with Gasteiger partial charge in [-0.3, -0.25) is 0 Å². The van der Waals surface area contributed by atoms with Crippen LogP contribution in [-0.4, -0.2) is 17.2 Å². The van der Waals surface area contributed by atoms with Gasteiger partial charge in [0.1, 0.15) is 11.5 Å². The molecule has 1 saturated carbocycles. The van der Waals surface area contributed by atoms with E-state index in [1.807, 2.05) is 18.2 Å². The third-order valence-electron chi connectivity index (χ3n) is 5.72. The fourth-order valence-electron chi connectivity index (χ4n) is 4.28. The highest BCUT2D eigenvalue weighted by Gasteiger charge is 2.21. The average molecular weight is 361 g/mol. The number of ether oxygens (including phenoxy) is 1. The third kappa shape index (κ3) is 4.14. The average Bonchev–Trinajstić information content (AvgIpc) is 3.10. The van der Waals surface area contributed by atoms with Gasteiger partial charge in [0.15, 0.2) is 0 Å². The fraction of sp³-hybridized carbons (Fsp3) is 0.478. The van der Waals surface area contributed by atoms with Crippen molar-refractivity contribution in [3.8, 4) is 6.07 Å². The Morgan fingerprint density at radius 3 is 2.74 bits per heavy atom. The molecule has 0 spiro atoms. The molecular weight excluding hydrogens is 334 g/mol. The first-order valence-electron chi connectivity index (χ1n) is 10.1. The van der Waals surface area contributed by atoms with Gasteiger partial charge in [0.25, 0.3) is 0 Å². The first kappa shape index (κ1) is 18.0. The summed E-state index contributed by atoms with van der Waals surface area (Å²) in [4.78, 5) is 4.73. The number of hydrogen-bond acceptors (Lipinski definition) is 3. The van der Waals surface area contributed by atoms with Crippen molar-refractivity contribution < 1.29 is 4.74 Å². The number of nitriles is 1. The zero-order chi connectivity index (χ0) is 18.5. The molecule has 2 aromatic rings. The first-order valence-corrected chi connectivity index (χ1v) is 10.1. The van der Waals surface area contributed by atoms with E-state index in [0.717, 1.165) is 18.5 Å². The van der Waals surface area contributed by atoms with Gasteiger partial charge in [0, 0.05) is 24.4 Å². The fourth-order valence-corrected chi connectivity index (χ4v) is 4.28. The van der Waals surface area contributed by atoms with Gasteiger partial charge < -0.3 is 9.30 Å². The highest BCUT2D eigenvalue weighted by Crippen LogP contribution is 2.30. The molecule has 1 fully saturated rings. The molecule has 0 saturated heterocycles. The van der Waals surface area contributed by atoms with Crippen LogP contribution in [0, 0.1) is 11.3 Å². The van der Waals surface area contributed by atoms with Gasteiger partial charge in [0.05, 0.1) is 19.3 Å². The number of aromatic nitrogens is 1. The van der Waals surface area contributed by atoms with Crippen molar-refractivity contribution in [2.24, 2.45) is 4.99 Å². The van der Waals surface area contributed by atoms with Gasteiger partial charge in [-0.1, -0.05) is 55.7 Å². The Bertz CT molecular complexity index is 917. The van der Waals surface area contributed by atoms with Crippen LogP contribution in [0.5, 0.6) is 0 Å². The molecule has 1 unspecified atom stereocenters. The molecule has 1 aliphatic heterocycles. The van der Waals surface area contributed by atoms with Crippen molar-refractivity contribution in [3.05, 3.63) is 58.4 Å². The molecule has 140 valence electrons. The smallest absolute Gasteiger partial charge is 0.142 e. The summed E-state index contributed by atoms with van der Waals surface area (Å²) in [5.41, 5.74) is 3.61. The van der Waals surface area contributed by atoms with Gasteiger partial charge >= 0.3 is 0 Å². The minimum absolute atomic E-state index is 0.254. The summed E-state index contributed by atoms with van der Waals surface area (Å²) < 4.78 is 8.10. The lowest BCUT2D eigenvalue weighted by molar-refractivity contribution is 0.112. The molecule has 1 aromatic carbocycles. The van der Waals surface area contributed by atoms with E-state index in [9.17, 15) is 5.26 Å². The molecule has 1 aromatic heterocycles. The molecule has 4 nitrogen and oxygen atoms in total. The van der Waals surface area contributed by atoms with Gasteiger partial charge in [-0.2, -0.15) is 5.26 Å². The summed E-state index contributed by atoms with van der Waals surface area (Å²) in [5, 5.41) is 10.6. The van der Waals surface area contributed by atoms with Crippen LogP contribution in [-0.2, 0) is 17.9 Å². The Hall–Kier alpha value is -2.38. The number of benzene rings is 1. The maximum atomic E-state index is 9.31. The van der Waals surface area contributed by atoms with E-state index in [-0.39, 0.29) is 6.04 Å². The van der Waals surface area contributed by atoms with Crippen molar-refractivity contribution in [2.75, 3.05) is 6.61 Å². The summed E-state index contributed by atoms with van der Waals surface area (Å²) >= 11 is 0. The van der Waals surface area contributed by atoms with Crippen molar-refractivity contribution in [3.63, 3.8) is 0 Å². The Labute approximate surface area is 160 Å². The summed E-state index contributed by atoms with van der Waals surface area (Å²) in [6.45, 7) is 2.05. The van der Waals surface area contributed by atoms with Crippen molar-refractivity contribution >= 4 is 6.08 Å². The number of nitrogens with zero attached hydrogens (tertiary/aromatic N) is 3. The lowest BCUT2D eigenvalue weighted by atomic mass is 9.84. The zero-order valence-electron chi connectivity index (χ0n) is 15.8. The number of rotatable bonds is 6. The van der Waals surface area contributed by atoms with Crippen molar-refractivity contribution in [1.29, 1.82) is 5.26 Å². The van der Waals surface area contributed by atoms with E-state index in [0.29, 0.717) is 19.1 Å². The van der Waals surface area contributed by atoms with E-state index in [2.05, 4.69) is 35.0 Å². The lowest BCUT2D eigenvalue weighted by Crippen LogP contribution is -2.36. The monoisotopic (exact) mass is 361 g/mol. The largest absolute Gasteiger partial charge is 0.375 e. The molecule has 0 radical (unpaired) electrons. The molecule has 1 atom stereocenters. The molecular formula is C23H27N3O. The molecule has 0 bridgehead atoms. The van der Waals surface area contributed by atoms with Crippen LogP contribution in [0.15, 0.2) is 41.5 Å². The van der Waals surface area contributed by atoms with E-state index < -0.39 is 0 Å². The second kappa shape index (κ2) is 8.54. The predicted molar refractivity (Wildman–Crippen MR) is 106 cm³/mol. The molecule has 2 heterocycles. The summed E-state index contributed by atoms with van der Waals surface area (Å²) in [7, 11) is 0. The summed E-state index contributed by atoms with van der Waals surface area (Å²) in [5.74, 6) is 0.643. The highest BCUT2D eigenvalue weighted by molar-refractivity contribution is 5.35. The molecule has 4 heteroatoms. The Morgan fingerprint density at radius 2 is 1.96 bits per heavy atom. The predicted octanol–water partition coefficient (Wildman–Crippen LogP) is 3.45. The number of hydrogen-bond donors (Lipinski definition) is 0. The van der Waals surface area contributed by atoms with Gasteiger partial charge in [-0.05, 0) is 29.9 Å². The molecule has 27 heavy (non-hydrogen) atoms. The van der Waals surface area contributed by atoms with E-state index in [1.165, 1.54) is 48.4 Å². The zero-order valence-corrected chi connectivity index (χ0v) is 15.8. The molecule has 1 aliphatic carbocycles. The van der Waals surface area contributed by atoms with E-state index >= 15 is 0 Å². The maximum absolute atomic E-state index is 9.31. The lowest BCUT2D eigenvalue weighted by Gasteiger charge is -2.21. The van der Waals surface area contributed by atoms with Crippen LogP contribution < -0.4 is 10.7 Å². The highest BCUT2D eigenvalue weighted by atomic mass is 16.5. The van der Waals surface area contributed by atoms with Gasteiger partial charge in [0.2, 0.25) is 0 Å². The quantitative estimate of drug-likeness (QED) is 0.740. The van der Waals surface area contributed by atoms with Crippen LogP contribution in [0.4, 0.5) is 0 Å².